The predicted octanol–water partition coefficient (Wildman–Crippen LogP) is 1.70. The zero-order valence-electron chi connectivity index (χ0n) is 10.5. The summed E-state index contributed by atoms with van der Waals surface area (Å²) in [5, 5.41) is 9.09. The van der Waals surface area contributed by atoms with Crippen LogP contribution in [0.3, 0.4) is 0 Å². The number of imidazole rings is 1. The molecule has 6 heteroatoms. The third-order valence-corrected chi connectivity index (χ3v) is 2.64. The van der Waals surface area contributed by atoms with Gasteiger partial charge in [-0.2, -0.15) is 0 Å². The number of hydrogen-bond donors (Lipinski definition) is 1. The summed E-state index contributed by atoms with van der Waals surface area (Å²) in [5.41, 5.74) is 1.44. The molecule has 2 heterocycles. The van der Waals surface area contributed by atoms with E-state index in [9.17, 15) is 4.79 Å². The SMILES string of the molecule is CC(C)c1nc(-c2cncn2C)ncc1C(=O)O. The zero-order valence-corrected chi connectivity index (χ0v) is 10.5. The quantitative estimate of drug-likeness (QED) is 0.891. The maximum absolute atomic E-state index is 11.1. The fraction of sp³-hybridized carbons (Fsp3) is 0.333. The van der Waals surface area contributed by atoms with Crippen LogP contribution in [0.2, 0.25) is 0 Å². The number of hydrogen-bond acceptors (Lipinski definition) is 4. The van der Waals surface area contributed by atoms with Crippen molar-refractivity contribution in [3.63, 3.8) is 0 Å². The Kier molecular flexibility index (Phi) is 3.10. The summed E-state index contributed by atoms with van der Waals surface area (Å²) >= 11 is 0. The molecule has 0 spiro atoms. The molecule has 2 aromatic heterocycles. The summed E-state index contributed by atoms with van der Waals surface area (Å²) in [6.45, 7) is 3.81. The van der Waals surface area contributed by atoms with E-state index in [1.807, 2.05) is 20.9 Å². The Morgan fingerprint density at radius 1 is 1.39 bits per heavy atom. The molecule has 0 atom stereocenters. The van der Waals surface area contributed by atoms with Crippen LogP contribution in [0.1, 0.15) is 35.8 Å². The lowest BCUT2D eigenvalue weighted by molar-refractivity contribution is 0.0694. The van der Waals surface area contributed by atoms with E-state index in [-0.39, 0.29) is 11.5 Å². The molecule has 2 rings (SSSR count). The van der Waals surface area contributed by atoms with Crippen LogP contribution in [-0.2, 0) is 7.05 Å². The molecule has 0 bridgehead atoms. The van der Waals surface area contributed by atoms with Crippen LogP contribution in [0.25, 0.3) is 11.5 Å². The number of aryl methyl sites for hydroxylation is 1. The van der Waals surface area contributed by atoms with Crippen molar-refractivity contribution >= 4 is 5.97 Å². The van der Waals surface area contributed by atoms with Crippen LogP contribution in [0.5, 0.6) is 0 Å². The van der Waals surface area contributed by atoms with Crippen LogP contribution in [-0.4, -0.2) is 30.6 Å². The minimum absolute atomic E-state index is 0.0195. The molecule has 2 aromatic rings. The molecule has 0 unspecified atom stereocenters. The van der Waals surface area contributed by atoms with Crippen molar-refractivity contribution < 1.29 is 9.90 Å². The highest BCUT2D eigenvalue weighted by molar-refractivity contribution is 5.88. The van der Waals surface area contributed by atoms with E-state index < -0.39 is 5.97 Å². The summed E-state index contributed by atoms with van der Waals surface area (Å²) in [6, 6.07) is 0. The molecule has 0 saturated heterocycles. The molecule has 0 amide bonds. The van der Waals surface area contributed by atoms with Gasteiger partial charge in [-0.05, 0) is 5.92 Å². The van der Waals surface area contributed by atoms with Gasteiger partial charge in [-0.25, -0.2) is 19.7 Å². The molecule has 6 nitrogen and oxygen atoms in total. The normalized spacial score (nSPS) is 10.9. The Labute approximate surface area is 104 Å². The third kappa shape index (κ3) is 2.09. The fourth-order valence-corrected chi connectivity index (χ4v) is 1.70. The molecular formula is C12H14N4O2. The topological polar surface area (TPSA) is 80.9 Å². The van der Waals surface area contributed by atoms with Crippen molar-refractivity contribution in [2.24, 2.45) is 7.05 Å². The van der Waals surface area contributed by atoms with E-state index in [1.54, 1.807) is 17.1 Å². The van der Waals surface area contributed by atoms with E-state index in [0.29, 0.717) is 11.5 Å². The lowest BCUT2D eigenvalue weighted by Crippen LogP contribution is -2.09. The first-order chi connectivity index (χ1) is 8.50. The van der Waals surface area contributed by atoms with Gasteiger partial charge in [0, 0.05) is 13.2 Å². The van der Waals surface area contributed by atoms with Crippen molar-refractivity contribution in [3.05, 3.63) is 30.0 Å². The number of carboxylic acids is 1. The molecule has 0 radical (unpaired) electrons. The maximum Gasteiger partial charge on any atom is 0.339 e. The number of aromatic nitrogens is 4. The number of carboxylic acid groups (broad SMARTS) is 1. The molecule has 0 aliphatic rings. The Balaban J connectivity index is 2.57. The highest BCUT2D eigenvalue weighted by atomic mass is 16.4. The van der Waals surface area contributed by atoms with Crippen LogP contribution in [0.15, 0.2) is 18.7 Å². The molecule has 0 aromatic carbocycles. The Morgan fingerprint density at radius 3 is 2.61 bits per heavy atom. The molecule has 0 saturated carbocycles. The van der Waals surface area contributed by atoms with Gasteiger partial charge in [-0.3, -0.25) is 0 Å². The lowest BCUT2D eigenvalue weighted by atomic mass is 10.1. The Bertz CT molecular complexity index is 590. The zero-order chi connectivity index (χ0) is 13.3. The van der Waals surface area contributed by atoms with Gasteiger partial charge in [0.1, 0.15) is 5.69 Å². The Hall–Kier alpha value is -2.24. The van der Waals surface area contributed by atoms with Crippen molar-refractivity contribution in [1.29, 1.82) is 0 Å². The molecule has 18 heavy (non-hydrogen) atoms. The van der Waals surface area contributed by atoms with E-state index in [0.717, 1.165) is 5.69 Å². The maximum atomic E-state index is 11.1. The second-order valence-electron chi connectivity index (χ2n) is 4.34. The second kappa shape index (κ2) is 4.56. The fourth-order valence-electron chi connectivity index (χ4n) is 1.70. The molecule has 0 fully saturated rings. The van der Waals surface area contributed by atoms with Gasteiger partial charge in [-0.1, -0.05) is 13.8 Å². The highest BCUT2D eigenvalue weighted by Gasteiger charge is 2.17. The summed E-state index contributed by atoms with van der Waals surface area (Å²) in [6.07, 6.45) is 4.66. The number of aromatic carboxylic acids is 1. The number of nitrogens with zero attached hydrogens (tertiary/aromatic N) is 4. The summed E-state index contributed by atoms with van der Waals surface area (Å²) in [7, 11) is 1.84. The van der Waals surface area contributed by atoms with E-state index in [2.05, 4.69) is 15.0 Å². The van der Waals surface area contributed by atoms with Crippen LogP contribution in [0.4, 0.5) is 0 Å². The van der Waals surface area contributed by atoms with E-state index in [4.69, 9.17) is 5.11 Å². The van der Waals surface area contributed by atoms with Crippen LogP contribution < -0.4 is 0 Å². The van der Waals surface area contributed by atoms with Gasteiger partial charge in [0.15, 0.2) is 5.82 Å². The van der Waals surface area contributed by atoms with Crippen molar-refractivity contribution in [2.45, 2.75) is 19.8 Å². The Morgan fingerprint density at radius 2 is 2.11 bits per heavy atom. The number of rotatable bonds is 3. The average Bonchev–Trinajstić information content (AvgIpc) is 2.74. The standard InChI is InChI=1S/C12H14N4O2/c1-7(2)10-8(12(17)18)4-14-11(15-10)9-5-13-6-16(9)3/h4-7H,1-3H3,(H,17,18). The minimum atomic E-state index is -1.00. The molecule has 0 aliphatic carbocycles. The minimum Gasteiger partial charge on any atom is -0.478 e. The van der Waals surface area contributed by atoms with Gasteiger partial charge < -0.3 is 9.67 Å². The average molecular weight is 246 g/mol. The number of carbonyl (C=O) groups is 1. The van der Waals surface area contributed by atoms with E-state index >= 15 is 0 Å². The monoisotopic (exact) mass is 246 g/mol. The first kappa shape index (κ1) is 12.2. The summed E-state index contributed by atoms with van der Waals surface area (Å²) < 4.78 is 1.79. The second-order valence-corrected chi connectivity index (χ2v) is 4.34. The first-order valence-electron chi connectivity index (χ1n) is 5.57. The first-order valence-corrected chi connectivity index (χ1v) is 5.57. The smallest absolute Gasteiger partial charge is 0.339 e. The van der Waals surface area contributed by atoms with Crippen LogP contribution in [0, 0.1) is 0 Å². The van der Waals surface area contributed by atoms with Crippen molar-refractivity contribution in [2.75, 3.05) is 0 Å². The van der Waals surface area contributed by atoms with Gasteiger partial charge in [-0.15, -0.1) is 0 Å². The van der Waals surface area contributed by atoms with Crippen molar-refractivity contribution in [3.8, 4) is 11.5 Å². The molecule has 1 N–H and O–H groups in total. The van der Waals surface area contributed by atoms with Gasteiger partial charge in [0.05, 0.1) is 23.8 Å². The van der Waals surface area contributed by atoms with Crippen LogP contribution >= 0.6 is 0 Å². The predicted molar refractivity (Wildman–Crippen MR) is 65.3 cm³/mol. The van der Waals surface area contributed by atoms with Gasteiger partial charge in [0.25, 0.3) is 0 Å². The summed E-state index contributed by atoms with van der Waals surface area (Å²) in [4.78, 5) is 23.5. The molecular weight excluding hydrogens is 232 g/mol. The third-order valence-electron chi connectivity index (χ3n) is 2.64. The lowest BCUT2D eigenvalue weighted by Gasteiger charge is -2.10. The highest BCUT2D eigenvalue weighted by Crippen LogP contribution is 2.20. The molecule has 94 valence electrons. The summed E-state index contributed by atoms with van der Waals surface area (Å²) in [5.74, 6) is -0.495. The largest absolute Gasteiger partial charge is 0.478 e. The van der Waals surface area contributed by atoms with Gasteiger partial charge >= 0.3 is 5.97 Å². The van der Waals surface area contributed by atoms with Crippen molar-refractivity contribution in [1.82, 2.24) is 19.5 Å². The van der Waals surface area contributed by atoms with Gasteiger partial charge in [0.2, 0.25) is 0 Å². The molecule has 0 aliphatic heterocycles. The van der Waals surface area contributed by atoms with E-state index in [1.165, 1.54) is 6.20 Å².